The zero-order valence-corrected chi connectivity index (χ0v) is 15.9. The molecule has 0 bridgehead atoms. The first-order valence-electron chi connectivity index (χ1n) is 9.20. The number of rotatable bonds is 6. The van der Waals surface area contributed by atoms with E-state index in [2.05, 4.69) is 15.4 Å². The summed E-state index contributed by atoms with van der Waals surface area (Å²) in [5.74, 6) is 0.277. The number of carbonyl (C=O) groups is 1. The molecule has 0 saturated heterocycles. The molecule has 0 saturated carbocycles. The summed E-state index contributed by atoms with van der Waals surface area (Å²) in [6, 6.07) is 18.9. The normalized spacial score (nSPS) is 10.5. The predicted molar refractivity (Wildman–Crippen MR) is 112 cm³/mol. The predicted octanol–water partition coefficient (Wildman–Crippen LogP) is 4.31. The lowest BCUT2D eigenvalue weighted by atomic mass is 10.1. The van der Waals surface area contributed by atoms with Crippen molar-refractivity contribution in [2.75, 3.05) is 5.32 Å². The van der Waals surface area contributed by atoms with Crippen LogP contribution in [0.4, 0.5) is 5.69 Å². The SMILES string of the molecule is Cn1cc(-c2ccc(C(=O)Nc3ccncc3)c(OCc3ccccc3)c2)cn1. The van der Waals surface area contributed by atoms with Crippen LogP contribution in [0.3, 0.4) is 0 Å². The van der Waals surface area contributed by atoms with Crippen LogP contribution in [0.25, 0.3) is 11.1 Å². The van der Waals surface area contributed by atoms with Gasteiger partial charge in [0.1, 0.15) is 12.4 Å². The van der Waals surface area contributed by atoms with Gasteiger partial charge in [-0.2, -0.15) is 5.10 Å². The van der Waals surface area contributed by atoms with Gasteiger partial charge in [-0.15, -0.1) is 0 Å². The second-order valence-electron chi connectivity index (χ2n) is 6.58. The summed E-state index contributed by atoms with van der Waals surface area (Å²) in [5.41, 5.74) is 4.06. The molecule has 4 rings (SSSR count). The Morgan fingerprint density at radius 3 is 2.55 bits per heavy atom. The number of aromatic nitrogens is 3. The number of hydrogen-bond donors (Lipinski definition) is 1. The second-order valence-corrected chi connectivity index (χ2v) is 6.58. The fourth-order valence-electron chi connectivity index (χ4n) is 2.95. The van der Waals surface area contributed by atoms with Crippen LogP contribution in [-0.2, 0) is 13.7 Å². The zero-order valence-electron chi connectivity index (χ0n) is 15.9. The highest BCUT2D eigenvalue weighted by molar-refractivity contribution is 6.06. The number of benzene rings is 2. The monoisotopic (exact) mass is 384 g/mol. The molecular formula is C23H20N4O2. The van der Waals surface area contributed by atoms with Crippen LogP contribution < -0.4 is 10.1 Å². The van der Waals surface area contributed by atoms with Crippen molar-refractivity contribution in [2.24, 2.45) is 7.05 Å². The number of pyridine rings is 1. The molecule has 29 heavy (non-hydrogen) atoms. The topological polar surface area (TPSA) is 69.0 Å². The van der Waals surface area contributed by atoms with Crippen LogP contribution in [0.2, 0.25) is 0 Å². The van der Waals surface area contributed by atoms with Crippen LogP contribution in [0.5, 0.6) is 5.75 Å². The largest absolute Gasteiger partial charge is 0.488 e. The summed E-state index contributed by atoms with van der Waals surface area (Å²) in [6.07, 6.45) is 6.97. The van der Waals surface area contributed by atoms with Crippen LogP contribution in [0.1, 0.15) is 15.9 Å². The Kier molecular flexibility index (Phi) is 5.33. The van der Waals surface area contributed by atoms with Crippen molar-refractivity contribution < 1.29 is 9.53 Å². The average Bonchev–Trinajstić information content (AvgIpc) is 3.20. The molecule has 4 aromatic rings. The third-order valence-corrected chi connectivity index (χ3v) is 4.44. The highest BCUT2D eigenvalue weighted by atomic mass is 16.5. The van der Waals surface area contributed by atoms with Crippen molar-refractivity contribution in [2.45, 2.75) is 6.61 Å². The Hall–Kier alpha value is -3.93. The molecule has 0 aliphatic heterocycles. The molecule has 2 aromatic heterocycles. The summed E-state index contributed by atoms with van der Waals surface area (Å²) in [6.45, 7) is 0.368. The number of nitrogens with zero attached hydrogens (tertiary/aromatic N) is 3. The molecule has 2 heterocycles. The molecule has 0 spiro atoms. The van der Waals surface area contributed by atoms with Crippen molar-refractivity contribution in [3.63, 3.8) is 0 Å². The van der Waals surface area contributed by atoms with E-state index >= 15 is 0 Å². The van der Waals surface area contributed by atoms with E-state index in [9.17, 15) is 4.79 Å². The maximum Gasteiger partial charge on any atom is 0.259 e. The standard InChI is InChI=1S/C23H20N4O2/c1-27-15-19(14-25-27)18-7-8-21(23(28)26-20-9-11-24-12-10-20)22(13-18)29-16-17-5-3-2-4-6-17/h2-15H,16H2,1H3,(H,24,26,28). The maximum absolute atomic E-state index is 12.9. The van der Waals surface area contributed by atoms with E-state index in [0.717, 1.165) is 16.7 Å². The summed E-state index contributed by atoms with van der Waals surface area (Å²) in [7, 11) is 1.87. The Labute approximate surface area is 168 Å². The van der Waals surface area contributed by atoms with Gasteiger partial charge >= 0.3 is 0 Å². The number of carbonyl (C=O) groups excluding carboxylic acids is 1. The number of anilines is 1. The number of amides is 1. The highest BCUT2D eigenvalue weighted by Crippen LogP contribution is 2.28. The Morgan fingerprint density at radius 1 is 1.03 bits per heavy atom. The van der Waals surface area contributed by atoms with Gasteiger partial charge in [-0.3, -0.25) is 14.5 Å². The molecule has 1 N–H and O–H groups in total. The van der Waals surface area contributed by atoms with Gasteiger partial charge < -0.3 is 10.1 Å². The van der Waals surface area contributed by atoms with Crippen LogP contribution in [-0.4, -0.2) is 20.7 Å². The van der Waals surface area contributed by atoms with Gasteiger partial charge in [-0.25, -0.2) is 0 Å². The van der Waals surface area contributed by atoms with E-state index in [-0.39, 0.29) is 5.91 Å². The molecule has 0 fully saturated rings. The Balaban J connectivity index is 1.64. The van der Waals surface area contributed by atoms with Crippen molar-refractivity contribution in [1.82, 2.24) is 14.8 Å². The molecule has 0 unspecified atom stereocenters. The highest BCUT2D eigenvalue weighted by Gasteiger charge is 2.15. The lowest BCUT2D eigenvalue weighted by Crippen LogP contribution is -2.14. The summed E-state index contributed by atoms with van der Waals surface area (Å²) >= 11 is 0. The van der Waals surface area contributed by atoms with Gasteiger partial charge in [-0.05, 0) is 35.4 Å². The van der Waals surface area contributed by atoms with Crippen molar-refractivity contribution in [1.29, 1.82) is 0 Å². The Bertz CT molecular complexity index is 1110. The van der Waals surface area contributed by atoms with Crippen molar-refractivity contribution >= 4 is 11.6 Å². The first-order valence-corrected chi connectivity index (χ1v) is 9.20. The van der Waals surface area contributed by atoms with Crippen molar-refractivity contribution in [3.05, 3.63) is 96.6 Å². The minimum atomic E-state index is -0.239. The lowest BCUT2D eigenvalue weighted by molar-refractivity contribution is 0.102. The van der Waals surface area contributed by atoms with E-state index in [4.69, 9.17) is 4.74 Å². The van der Waals surface area contributed by atoms with Crippen LogP contribution in [0, 0.1) is 0 Å². The van der Waals surface area contributed by atoms with E-state index in [1.165, 1.54) is 0 Å². The summed E-state index contributed by atoms with van der Waals surface area (Å²) in [5, 5.41) is 7.11. The van der Waals surface area contributed by atoms with Crippen LogP contribution in [0.15, 0.2) is 85.5 Å². The third kappa shape index (κ3) is 4.50. The molecule has 6 nitrogen and oxygen atoms in total. The number of hydrogen-bond acceptors (Lipinski definition) is 4. The molecule has 2 aromatic carbocycles. The molecule has 0 atom stereocenters. The van der Waals surface area contributed by atoms with Gasteiger partial charge in [0.25, 0.3) is 5.91 Å². The van der Waals surface area contributed by atoms with Crippen molar-refractivity contribution in [3.8, 4) is 16.9 Å². The first-order chi connectivity index (χ1) is 14.2. The Morgan fingerprint density at radius 2 is 1.83 bits per heavy atom. The van der Waals surface area contributed by atoms with Crippen LogP contribution >= 0.6 is 0 Å². The average molecular weight is 384 g/mol. The molecule has 0 radical (unpaired) electrons. The quantitative estimate of drug-likeness (QED) is 0.538. The summed E-state index contributed by atoms with van der Waals surface area (Å²) < 4.78 is 7.79. The zero-order chi connectivity index (χ0) is 20.1. The molecule has 6 heteroatoms. The fraction of sp³-hybridized carbons (Fsp3) is 0.0870. The van der Waals surface area contributed by atoms with E-state index < -0.39 is 0 Å². The molecule has 0 aliphatic carbocycles. The van der Waals surface area contributed by atoms with E-state index in [1.54, 1.807) is 41.5 Å². The fourth-order valence-corrected chi connectivity index (χ4v) is 2.95. The van der Waals surface area contributed by atoms with Gasteiger partial charge in [-0.1, -0.05) is 36.4 Å². The third-order valence-electron chi connectivity index (χ3n) is 4.44. The smallest absolute Gasteiger partial charge is 0.259 e. The van der Waals surface area contributed by atoms with E-state index in [0.29, 0.717) is 23.6 Å². The minimum absolute atomic E-state index is 0.239. The molecule has 144 valence electrons. The number of aryl methyl sites for hydroxylation is 1. The maximum atomic E-state index is 12.9. The lowest BCUT2D eigenvalue weighted by Gasteiger charge is -2.13. The van der Waals surface area contributed by atoms with Gasteiger partial charge in [0.2, 0.25) is 0 Å². The minimum Gasteiger partial charge on any atom is -0.488 e. The van der Waals surface area contributed by atoms with Gasteiger partial charge in [0.15, 0.2) is 0 Å². The second kappa shape index (κ2) is 8.39. The molecular weight excluding hydrogens is 364 g/mol. The molecule has 1 amide bonds. The number of nitrogens with one attached hydrogen (secondary N) is 1. The van der Waals surface area contributed by atoms with Gasteiger partial charge in [0, 0.05) is 36.9 Å². The summed E-state index contributed by atoms with van der Waals surface area (Å²) in [4.78, 5) is 16.8. The first kappa shape index (κ1) is 18.4. The number of ether oxygens (including phenoxy) is 1. The molecule has 0 aliphatic rings. The van der Waals surface area contributed by atoms with E-state index in [1.807, 2.05) is 55.7 Å². The van der Waals surface area contributed by atoms with Gasteiger partial charge in [0.05, 0.1) is 11.8 Å².